The number of fused-ring (bicyclic) bond motifs is 1. The predicted molar refractivity (Wildman–Crippen MR) is 95.5 cm³/mol. The Morgan fingerprint density at radius 1 is 1.29 bits per heavy atom. The van der Waals surface area contributed by atoms with Crippen LogP contribution >= 0.6 is 0 Å². The van der Waals surface area contributed by atoms with Crippen LogP contribution in [0.25, 0.3) is 10.9 Å². The standard InChI is InChI=1S/C17H23N7/c18-10-15(24-7-5-20-6-8-24)21-17(19)12-3-4-14-13(9-12)16(23-22-14)11-1-2-11/h3-4,9-11,20H,1-2,5-8,18H2,(H2,19,21)(H,22,23)/b15-10+. The lowest BCUT2D eigenvalue weighted by Gasteiger charge is -2.29. The van der Waals surface area contributed by atoms with Crippen LogP contribution in [0.1, 0.15) is 30.0 Å². The van der Waals surface area contributed by atoms with E-state index in [0.717, 1.165) is 48.5 Å². The molecule has 126 valence electrons. The van der Waals surface area contributed by atoms with Crippen molar-refractivity contribution in [1.82, 2.24) is 20.4 Å². The fourth-order valence-corrected chi connectivity index (χ4v) is 3.17. The number of amidine groups is 1. The number of nitrogens with two attached hydrogens (primary N) is 2. The van der Waals surface area contributed by atoms with E-state index in [1.165, 1.54) is 24.7 Å². The third-order valence-corrected chi connectivity index (χ3v) is 4.69. The summed E-state index contributed by atoms with van der Waals surface area (Å²) in [4.78, 5) is 6.72. The first-order valence-corrected chi connectivity index (χ1v) is 8.46. The molecular weight excluding hydrogens is 302 g/mol. The zero-order chi connectivity index (χ0) is 16.5. The molecule has 0 radical (unpaired) electrons. The second-order valence-electron chi connectivity index (χ2n) is 6.40. The summed E-state index contributed by atoms with van der Waals surface area (Å²) in [6, 6.07) is 6.04. The molecular formula is C17H23N7. The van der Waals surface area contributed by atoms with Crippen LogP contribution in [0.15, 0.2) is 35.2 Å². The van der Waals surface area contributed by atoms with Crippen LogP contribution in [0.2, 0.25) is 0 Å². The van der Waals surface area contributed by atoms with Gasteiger partial charge in [0.15, 0.2) is 0 Å². The third-order valence-electron chi connectivity index (χ3n) is 4.69. The lowest BCUT2D eigenvalue weighted by atomic mass is 10.1. The van der Waals surface area contributed by atoms with E-state index < -0.39 is 0 Å². The molecule has 0 unspecified atom stereocenters. The monoisotopic (exact) mass is 325 g/mol. The van der Waals surface area contributed by atoms with Crippen molar-refractivity contribution >= 4 is 16.7 Å². The van der Waals surface area contributed by atoms with Gasteiger partial charge in [0, 0.05) is 54.9 Å². The Balaban J connectivity index is 1.63. The summed E-state index contributed by atoms with van der Waals surface area (Å²) in [6.07, 6.45) is 3.99. The van der Waals surface area contributed by atoms with Crippen LogP contribution in [0.3, 0.4) is 0 Å². The summed E-state index contributed by atoms with van der Waals surface area (Å²) in [5.74, 6) is 1.82. The van der Waals surface area contributed by atoms with Crippen LogP contribution in [0.4, 0.5) is 0 Å². The van der Waals surface area contributed by atoms with E-state index in [1.807, 2.05) is 12.1 Å². The maximum Gasteiger partial charge on any atom is 0.146 e. The van der Waals surface area contributed by atoms with Crippen molar-refractivity contribution in [3.8, 4) is 0 Å². The number of hydrogen-bond donors (Lipinski definition) is 4. The van der Waals surface area contributed by atoms with E-state index in [9.17, 15) is 0 Å². The molecule has 1 aromatic heterocycles. The van der Waals surface area contributed by atoms with Gasteiger partial charge >= 0.3 is 0 Å². The number of piperazine rings is 1. The van der Waals surface area contributed by atoms with Crippen LogP contribution in [0, 0.1) is 0 Å². The molecule has 2 heterocycles. The van der Waals surface area contributed by atoms with Crippen LogP contribution in [-0.2, 0) is 0 Å². The molecule has 1 saturated carbocycles. The van der Waals surface area contributed by atoms with Crippen LogP contribution < -0.4 is 16.8 Å². The largest absolute Gasteiger partial charge is 0.402 e. The normalized spacial score (nSPS) is 19.9. The average molecular weight is 325 g/mol. The summed E-state index contributed by atoms with van der Waals surface area (Å²) in [5.41, 5.74) is 15.1. The first-order chi connectivity index (χ1) is 11.8. The molecule has 0 atom stereocenters. The average Bonchev–Trinajstić information content (AvgIpc) is 3.39. The minimum atomic E-state index is 0.482. The Bertz CT molecular complexity index is 794. The number of H-pyrrole nitrogens is 1. The van der Waals surface area contributed by atoms with Crippen LogP contribution in [-0.4, -0.2) is 47.1 Å². The lowest BCUT2D eigenvalue weighted by Crippen LogP contribution is -2.43. The van der Waals surface area contributed by atoms with Crippen molar-refractivity contribution in [1.29, 1.82) is 0 Å². The van der Waals surface area contributed by atoms with Gasteiger partial charge in [-0.15, -0.1) is 0 Å². The van der Waals surface area contributed by atoms with Crippen molar-refractivity contribution in [2.75, 3.05) is 26.2 Å². The summed E-state index contributed by atoms with van der Waals surface area (Å²) in [6.45, 7) is 3.62. The van der Waals surface area contributed by atoms with Gasteiger partial charge < -0.3 is 21.7 Å². The van der Waals surface area contributed by atoms with Crippen molar-refractivity contribution < 1.29 is 0 Å². The van der Waals surface area contributed by atoms with Gasteiger partial charge in [-0.05, 0) is 31.0 Å². The summed E-state index contributed by atoms with van der Waals surface area (Å²) < 4.78 is 0. The molecule has 7 heteroatoms. The zero-order valence-corrected chi connectivity index (χ0v) is 13.6. The molecule has 2 aromatic rings. The second kappa shape index (κ2) is 6.16. The smallest absolute Gasteiger partial charge is 0.146 e. The fraction of sp³-hybridized carbons (Fsp3) is 0.412. The Hall–Kier alpha value is -2.54. The minimum absolute atomic E-state index is 0.482. The van der Waals surface area contributed by atoms with E-state index in [2.05, 4.69) is 31.5 Å². The van der Waals surface area contributed by atoms with Crippen LogP contribution in [0.5, 0.6) is 0 Å². The number of nitrogens with one attached hydrogen (secondary N) is 2. The third kappa shape index (κ3) is 2.82. The molecule has 0 bridgehead atoms. The molecule has 4 rings (SSSR count). The molecule has 0 spiro atoms. The van der Waals surface area contributed by atoms with E-state index in [-0.39, 0.29) is 0 Å². The van der Waals surface area contributed by atoms with Gasteiger partial charge in [-0.1, -0.05) is 0 Å². The van der Waals surface area contributed by atoms with E-state index >= 15 is 0 Å². The highest BCUT2D eigenvalue weighted by Crippen LogP contribution is 2.41. The lowest BCUT2D eigenvalue weighted by molar-refractivity contribution is 0.296. The van der Waals surface area contributed by atoms with Crippen molar-refractivity contribution in [3.05, 3.63) is 41.5 Å². The first-order valence-electron chi connectivity index (χ1n) is 8.46. The first kappa shape index (κ1) is 15.0. The number of hydrogen-bond acceptors (Lipinski definition) is 5. The number of rotatable bonds is 4. The van der Waals surface area contributed by atoms with Gasteiger partial charge in [0.25, 0.3) is 0 Å². The Labute approximate surface area is 140 Å². The Morgan fingerprint density at radius 3 is 2.79 bits per heavy atom. The van der Waals surface area contributed by atoms with Gasteiger partial charge in [0.1, 0.15) is 11.7 Å². The molecule has 7 nitrogen and oxygen atoms in total. The molecule has 1 aliphatic heterocycles. The molecule has 0 amide bonds. The summed E-state index contributed by atoms with van der Waals surface area (Å²) in [7, 11) is 0. The fourth-order valence-electron chi connectivity index (χ4n) is 3.17. The number of benzene rings is 1. The molecule has 2 fully saturated rings. The molecule has 2 aliphatic rings. The Morgan fingerprint density at radius 2 is 2.08 bits per heavy atom. The topological polar surface area (TPSA) is 108 Å². The number of aromatic nitrogens is 2. The zero-order valence-electron chi connectivity index (χ0n) is 13.6. The van der Waals surface area contributed by atoms with Gasteiger partial charge in [-0.2, -0.15) is 5.10 Å². The number of nitrogens with zero attached hydrogens (tertiary/aromatic N) is 3. The van der Waals surface area contributed by atoms with Crippen molar-refractivity contribution in [3.63, 3.8) is 0 Å². The molecule has 24 heavy (non-hydrogen) atoms. The molecule has 1 aromatic carbocycles. The van der Waals surface area contributed by atoms with E-state index in [0.29, 0.717) is 11.8 Å². The molecule has 1 aliphatic carbocycles. The van der Waals surface area contributed by atoms with Crippen molar-refractivity contribution in [2.24, 2.45) is 16.5 Å². The maximum absolute atomic E-state index is 6.26. The van der Waals surface area contributed by atoms with Gasteiger partial charge in [0.05, 0.1) is 5.52 Å². The number of aliphatic imine (C=N–C) groups is 1. The minimum Gasteiger partial charge on any atom is -0.402 e. The summed E-state index contributed by atoms with van der Waals surface area (Å²) in [5, 5.41) is 12.0. The van der Waals surface area contributed by atoms with Gasteiger partial charge in [-0.3, -0.25) is 5.10 Å². The highest BCUT2D eigenvalue weighted by atomic mass is 15.3. The second-order valence-corrected chi connectivity index (χ2v) is 6.40. The number of aromatic amines is 1. The predicted octanol–water partition coefficient (Wildman–Crippen LogP) is 0.808. The molecule has 1 saturated heterocycles. The highest BCUT2D eigenvalue weighted by molar-refractivity contribution is 6.01. The quantitative estimate of drug-likeness (QED) is 0.491. The van der Waals surface area contributed by atoms with Crippen molar-refractivity contribution in [2.45, 2.75) is 18.8 Å². The highest BCUT2D eigenvalue weighted by Gasteiger charge is 2.27. The molecule has 6 N–H and O–H groups in total. The Kier molecular flexibility index (Phi) is 3.86. The van der Waals surface area contributed by atoms with Gasteiger partial charge in [-0.25, -0.2) is 4.99 Å². The van der Waals surface area contributed by atoms with E-state index in [1.54, 1.807) is 0 Å². The maximum atomic E-state index is 6.26. The SMILES string of the molecule is N/C=C(\N=C(/N)c1ccc2n[nH]c(C3CC3)c2c1)N1CCNCC1. The summed E-state index contributed by atoms with van der Waals surface area (Å²) >= 11 is 0. The van der Waals surface area contributed by atoms with E-state index in [4.69, 9.17) is 11.5 Å². The van der Waals surface area contributed by atoms with Gasteiger partial charge in [0.2, 0.25) is 0 Å².